The maximum absolute atomic E-state index is 12.9. The molecular weight excluding hydrogens is 370 g/mol. The Morgan fingerprint density at radius 2 is 1.38 bits per heavy atom. The van der Waals surface area contributed by atoms with Gasteiger partial charge in [-0.05, 0) is 41.2 Å². The Kier molecular flexibility index (Phi) is 6.36. The van der Waals surface area contributed by atoms with Gasteiger partial charge >= 0.3 is 5.97 Å². The van der Waals surface area contributed by atoms with Gasteiger partial charge in [0.25, 0.3) is 0 Å². The van der Waals surface area contributed by atoms with Crippen molar-refractivity contribution in [3.63, 3.8) is 0 Å². The van der Waals surface area contributed by atoms with Crippen LogP contribution in [0, 0.1) is 10.8 Å². The molecule has 0 saturated carbocycles. The number of oxime groups is 1. The van der Waals surface area contributed by atoms with E-state index in [9.17, 15) is 9.59 Å². The van der Waals surface area contributed by atoms with E-state index in [4.69, 9.17) is 14.3 Å². The molecule has 0 N–H and O–H groups in total. The third-order valence-corrected chi connectivity index (χ3v) is 4.54. The lowest BCUT2D eigenvalue weighted by molar-refractivity contribution is -0.114. The number of benzene rings is 1. The summed E-state index contributed by atoms with van der Waals surface area (Å²) in [6, 6.07) is 4.72. The Bertz CT molecular complexity index is 872. The van der Waals surface area contributed by atoms with Crippen molar-refractivity contribution in [2.45, 2.75) is 41.5 Å². The average molecular weight is 399 g/mol. The summed E-state index contributed by atoms with van der Waals surface area (Å²) in [6.45, 7) is 11.8. The summed E-state index contributed by atoms with van der Waals surface area (Å²) in [5, 5.41) is 4.01. The van der Waals surface area contributed by atoms with Gasteiger partial charge in [-0.15, -0.1) is 0 Å². The molecule has 0 amide bonds. The standard InChI is InChI=1S/C23H29NO5/c1-22(2,3)16-12-15(13-17(20(16)25)23(4,5)6)24-29-21(26)14-9-10-18(27-7)19(11-14)28-8/h9-13H,1-8H3. The highest BCUT2D eigenvalue weighted by atomic mass is 16.7. The molecule has 0 saturated heterocycles. The van der Waals surface area contributed by atoms with Crippen molar-refractivity contribution in [2.75, 3.05) is 14.2 Å². The molecular formula is C23H29NO5. The summed E-state index contributed by atoms with van der Waals surface area (Å²) in [6.07, 6.45) is 3.36. The van der Waals surface area contributed by atoms with Gasteiger partial charge in [0.05, 0.1) is 19.8 Å². The highest BCUT2D eigenvalue weighted by Crippen LogP contribution is 2.37. The molecule has 1 aromatic carbocycles. The van der Waals surface area contributed by atoms with E-state index in [1.807, 2.05) is 41.5 Å². The molecule has 6 heteroatoms. The van der Waals surface area contributed by atoms with Gasteiger partial charge in [0.15, 0.2) is 17.3 Å². The topological polar surface area (TPSA) is 74.2 Å². The first-order chi connectivity index (χ1) is 13.4. The molecule has 0 unspecified atom stereocenters. The molecule has 1 aromatic rings. The summed E-state index contributed by atoms with van der Waals surface area (Å²) in [4.78, 5) is 30.5. The number of allylic oxidation sites excluding steroid dienone is 4. The first-order valence-electron chi connectivity index (χ1n) is 9.39. The number of Topliss-reactive ketones (excluding diaryl/α,β-unsaturated/α-hetero) is 1. The second-order valence-electron chi connectivity index (χ2n) is 8.91. The van der Waals surface area contributed by atoms with Crippen molar-refractivity contribution in [2.24, 2.45) is 16.0 Å². The van der Waals surface area contributed by atoms with Gasteiger partial charge in [-0.1, -0.05) is 46.7 Å². The van der Waals surface area contributed by atoms with E-state index in [1.54, 1.807) is 24.3 Å². The maximum atomic E-state index is 12.9. The molecule has 0 atom stereocenters. The summed E-state index contributed by atoms with van der Waals surface area (Å²) in [5.41, 5.74) is 1.23. The highest BCUT2D eigenvalue weighted by molar-refractivity contribution is 6.22. The summed E-state index contributed by atoms with van der Waals surface area (Å²) >= 11 is 0. The number of rotatable bonds is 4. The smallest absolute Gasteiger partial charge is 0.365 e. The number of hydrogen-bond donors (Lipinski definition) is 0. The number of hydrogen-bond acceptors (Lipinski definition) is 6. The van der Waals surface area contributed by atoms with Crippen LogP contribution in [-0.4, -0.2) is 31.7 Å². The lowest BCUT2D eigenvalue weighted by Crippen LogP contribution is -2.29. The van der Waals surface area contributed by atoms with Crippen molar-refractivity contribution in [3.8, 4) is 11.5 Å². The quantitative estimate of drug-likeness (QED) is 0.415. The SMILES string of the molecule is COc1ccc(C(=O)ON=C2C=C(C(C)(C)C)C(=O)C(C(C)(C)C)=C2)cc1OC. The number of ketones is 1. The lowest BCUT2D eigenvalue weighted by atomic mass is 9.72. The molecule has 1 aliphatic rings. The molecule has 6 nitrogen and oxygen atoms in total. The predicted octanol–water partition coefficient (Wildman–Crippen LogP) is 4.74. The fourth-order valence-corrected chi connectivity index (χ4v) is 2.89. The number of nitrogens with zero attached hydrogens (tertiary/aromatic N) is 1. The van der Waals surface area contributed by atoms with E-state index in [0.29, 0.717) is 28.4 Å². The van der Waals surface area contributed by atoms with Crippen LogP contribution in [0.3, 0.4) is 0 Å². The Labute approximate surface area is 172 Å². The van der Waals surface area contributed by atoms with E-state index < -0.39 is 5.97 Å². The van der Waals surface area contributed by atoms with Crippen LogP contribution in [0.25, 0.3) is 0 Å². The largest absolute Gasteiger partial charge is 0.493 e. The zero-order chi connectivity index (χ0) is 22.0. The molecule has 2 rings (SSSR count). The van der Waals surface area contributed by atoms with Crippen LogP contribution >= 0.6 is 0 Å². The molecule has 0 heterocycles. The minimum atomic E-state index is -0.633. The minimum Gasteiger partial charge on any atom is -0.493 e. The molecule has 29 heavy (non-hydrogen) atoms. The second-order valence-corrected chi connectivity index (χ2v) is 8.91. The minimum absolute atomic E-state index is 0.00447. The normalized spacial score (nSPS) is 14.8. The van der Waals surface area contributed by atoms with Crippen LogP contribution in [0.15, 0.2) is 46.7 Å². The van der Waals surface area contributed by atoms with Crippen LogP contribution in [0.1, 0.15) is 51.9 Å². The second kappa shape index (κ2) is 8.23. The van der Waals surface area contributed by atoms with E-state index in [1.165, 1.54) is 20.3 Å². The maximum Gasteiger partial charge on any atom is 0.365 e. The van der Waals surface area contributed by atoms with E-state index in [-0.39, 0.29) is 22.2 Å². The fourth-order valence-electron chi connectivity index (χ4n) is 2.89. The molecule has 1 aliphatic carbocycles. The van der Waals surface area contributed by atoms with Crippen LogP contribution in [0.2, 0.25) is 0 Å². The van der Waals surface area contributed by atoms with Gasteiger partial charge in [0.1, 0.15) is 5.71 Å². The average Bonchev–Trinajstić information content (AvgIpc) is 2.64. The van der Waals surface area contributed by atoms with Crippen LogP contribution in [0.4, 0.5) is 0 Å². The molecule has 0 bridgehead atoms. The molecule has 0 fully saturated rings. The zero-order valence-corrected chi connectivity index (χ0v) is 18.4. The van der Waals surface area contributed by atoms with Crippen molar-refractivity contribution in [1.29, 1.82) is 0 Å². The molecule has 0 radical (unpaired) electrons. The predicted molar refractivity (Wildman–Crippen MR) is 112 cm³/mol. The van der Waals surface area contributed by atoms with Gasteiger partial charge in [-0.2, -0.15) is 0 Å². The van der Waals surface area contributed by atoms with E-state index >= 15 is 0 Å². The van der Waals surface area contributed by atoms with Crippen molar-refractivity contribution < 1.29 is 23.9 Å². The van der Waals surface area contributed by atoms with Gasteiger partial charge in [-0.3, -0.25) is 4.79 Å². The summed E-state index contributed by atoms with van der Waals surface area (Å²) in [7, 11) is 3.01. The number of methoxy groups -OCH3 is 2. The fraction of sp³-hybridized carbons (Fsp3) is 0.435. The number of ether oxygens (including phenoxy) is 2. The highest BCUT2D eigenvalue weighted by Gasteiger charge is 2.34. The number of carbonyl (C=O) groups is 2. The molecule has 156 valence electrons. The van der Waals surface area contributed by atoms with Crippen molar-refractivity contribution in [1.82, 2.24) is 0 Å². The van der Waals surface area contributed by atoms with Crippen LogP contribution in [0.5, 0.6) is 11.5 Å². The van der Waals surface area contributed by atoms with E-state index in [2.05, 4.69) is 5.16 Å². The Morgan fingerprint density at radius 3 is 1.83 bits per heavy atom. The lowest BCUT2D eigenvalue weighted by Gasteiger charge is -2.30. The van der Waals surface area contributed by atoms with Gasteiger partial charge in [-0.25, -0.2) is 4.79 Å². The van der Waals surface area contributed by atoms with Gasteiger partial charge < -0.3 is 14.3 Å². The van der Waals surface area contributed by atoms with Crippen molar-refractivity contribution >= 4 is 17.5 Å². The third kappa shape index (κ3) is 5.13. The summed E-state index contributed by atoms with van der Waals surface area (Å²) in [5.74, 6) is 0.293. The first-order valence-corrected chi connectivity index (χ1v) is 9.39. The monoisotopic (exact) mass is 399 g/mol. The van der Waals surface area contributed by atoms with Crippen LogP contribution < -0.4 is 9.47 Å². The van der Waals surface area contributed by atoms with Crippen molar-refractivity contribution in [3.05, 3.63) is 47.1 Å². The van der Waals surface area contributed by atoms with Gasteiger partial charge in [0, 0.05) is 11.1 Å². The Hall–Kier alpha value is -2.89. The van der Waals surface area contributed by atoms with Crippen LogP contribution in [-0.2, 0) is 9.63 Å². The molecule has 0 aromatic heterocycles. The zero-order valence-electron chi connectivity index (χ0n) is 18.4. The van der Waals surface area contributed by atoms with E-state index in [0.717, 1.165) is 0 Å². The van der Waals surface area contributed by atoms with Gasteiger partial charge in [0.2, 0.25) is 0 Å². The molecule has 0 spiro atoms. The Morgan fingerprint density at radius 1 is 0.862 bits per heavy atom. The first kappa shape index (κ1) is 22.4. The molecule has 0 aliphatic heterocycles. The number of carbonyl (C=O) groups excluding carboxylic acids is 2. The summed E-state index contributed by atoms with van der Waals surface area (Å²) < 4.78 is 10.4. The Balaban J connectivity index is 2.36. The third-order valence-electron chi connectivity index (χ3n) is 4.54.